The molecule has 1 aliphatic rings. The van der Waals surface area contributed by atoms with Crippen LogP contribution in [0.1, 0.15) is 42.4 Å². The number of fused-ring (bicyclic) bond motifs is 1. The Morgan fingerprint density at radius 1 is 1.35 bits per heavy atom. The number of hydrogen-bond donors (Lipinski definition) is 1. The first-order valence-corrected chi connectivity index (χ1v) is 6.88. The monoisotopic (exact) mass is 267 g/mol. The third kappa shape index (κ3) is 2.43. The normalized spacial score (nSPS) is 17.2. The van der Waals surface area contributed by atoms with Crippen LogP contribution in [0.2, 0.25) is 0 Å². The van der Waals surface area contributed by atoms with Gasteiger partial charge in [0, 0.05) is 18.3 Å². The number of aromatic nitrogens is 4. The molecule has 0 spiro atoms. The van der Waals surface area contributed by atoms with Crippen molar-refractivity contribution in [1.29, 1.82) is 0 Å². The lowest BCUT2D eigenvalue weighted by molar-refractivity contribution is 0.384. The molecule has 0 saturated carbocycles. The molecule has 5 heteroatoms. The highest BCUT2D eigenvalue weighted by Gasteiger charge is 2.22. The van der Waals surface area contributed by atoms with E-state index >= 15 is 0 Å². The minimum atomic E-state index is 0.378. The van der Waals surface area contributed by atoms with Gasteiger partial charge in [-0.3, -0.25) is 4.57 Å². The maximum absolute atomic E-state index is 4.38. The summed E-state index contributed by atoms with van der Waals surface area (Å²) < 4.78 is 2.15. The second kappa shape index (κ2) is 5.43. The predicted molar refractivity (Wildman–Crippen MR) is 76.0 cm³/mol. The summed E-state index contributed by atoms with van der Waals surface area (Å²) in [6, 6.07) is 6.21. The second-order valence-corrected chi connectivity index (χ2v) is 4.92. The van der Waals surface area contributed by atoms with Crippen LogP contribution < -0.4 is 5.32 Å². The summed E-state index contributed by atoms with van der Waals surface area (Å²) in [6.45, 7) is 5.83. The molecule has 0 saturated heterocycles. The largest absolute Gasteiger partial charge is 0.308 e. The van der Waals surface area contributed by atoms with Gasteiger partial charge >= 0.3 is 0 Å². The SMILES string of the molecule is CCC1CNCc2nnc(C#Cc3cccc(C)n3)n21. The van der Waals surface area contributed by atoms with Gasteiger partial charge in [0.1, 0.15) is 11.5 Å². The quantitative estimate of drug-likeness (QED) is 0.794. The molecular weight excluding hydrogens is 250 g/mol. The van der Waals surface area contributed by atoms with Crippen molar-refractivity contribution in [1.82, 2.24) is 25.1 Å². The average molecular weight is 267 g/mol. The third-order valence-corrected chi connectivity index (χ3v) is 3.46. The molecule has 102 valence electrons. The van der Waals surface area contributed by atoms with Crippen LogP contribution in [-0.4, -0.2) is 26.3 Å². The Morgan fingerprint density at radius 3 is 3.05 bits per heavy atom. The fourth-order valence-corrected chi connectivity index (χ4v) is 2.41. The van der Waals surface area contributed by atoms with Crippen molar-refractivity contribution in [2.75, 3.05) is 6.54 Å². The van der Waals surface area contributed by atoms with E-state index < -0.39 is 0 Å². The molecule has 0 aliphatic carbocycles. The second-order valence-electron chi connectivity index (χ2n) is 4.92. The van der Waals surface area contributed by atoms with E-state index in [9.17, 15) is 0 Å². The average Bonchev–Trinajstić information content (AvgIpc) is 2.88. The summed E-state index contributed by atoms with van der Waals surface area (Å²) >= 11 is 0. The van der Waals surface area contributed by atoms with Gasteiger partial charge in [-0.15, -0.1) is 10.2 Å². The molecule has 1 N–H and O–H groups in total. The number of hydrogen-bond acceptors (Lipinski definition) is 4. The number of pyridine rings is 1. The van der Waals surface area contributed by atoms with Crippen LogP contribution in [0.5, 0.6) is 0 Å². The summed E-state index contributed by atoms with van der Waals surface area (Å²) in [4.78, 5) is 4.38. The molecule has 1 aliphatic heterocycles. The zero-order valence-corrected chi connectivity index (χ0v) is 11.7. The summed E-state index contributed by atoms with van der Waals surface area (Å²) in [6.07, 6.45) is 1.04. The van der Waals surface area contributed by atoms with Crippen LogP contribution in [-0.2, 0) is 6.54 Å². The van der Waals surface area contributed by atoms with Crippen LogP contribution >= 0.6 is 0 Å². The topological polar surface area (TPSA) is 55.6 Å². The fraction of sp³-hybridized carbons (Fsp3) is 0.400. The van der Waals surface area contributed by atoms with Crippen LogP contribution in [0, 0.1) is 18.8 Å². The first-order chi connectivity index (χ1) is 9.78. The first-order valence-electron chi connectivity index (χ1n) is 6.88. The van der Waals surface area contributed by atoms with Crippen LogP contribution in [0.3, 0.4) is 0 Å². The van der Waals surface area contributed by atoms with E-state index in [1.54, 1.807) is 0 Å². The number of nitrogens with zero attached hydrogens (tertiary/aromatic N) is 4. The van der Waals surface area contributed by atoms with Gasteiger partial charge in [-0.1, -0.05) is 13.0 Å². The van der Waals surface area contributed by atoms with Crippen molar-refractivity contribution in [2.24, 2.45) is 0 Å². The van der Waals surface area contributed by atoms with Crippen LogP contribution in [0.15, 0.2) is 18.2 Å². The number of nitrogens with one attached hydrogen (secondary N) is 1. The van der Waals surface area contributed by atoms with E-state index in [-0.39, 0.29) is 0 Å². The highest BCUT2D eigenvalue weighted by Crippen LogP contribution is 2.18. The molecule has 1 unspecified atom stereocenters. The smallest absolute Gasteiger partial charge is 0.208 e. The van der Waals surface area contributed by atoms with Gasteiger partial charge in [0.2, 0.25) is 5.82 Å². The Hall–Kier alpha value is -2.19. The third-order valence-electron chi connectivity index (χ3n) is 3.46. The highest BCUT2D eigenvalue weighted by molar-refractivity contribution is 5.34. The molecular formula is C15H17N5. The molecule has 5 nitrogen and oxygen atoms in total. The standard InChI is InChI=1S/C15H17N5/c1-3-13-9-16-10-15-19-18-14(20(13)15)8-7-12-6-4-5-11(2)17-12/h4-6,13,16H,3,9-10H2,1-2H3. The number of rotatable bonds is 1. The highest BCUT2D eigenvalue weighted by atomic mass is 15.3. The van der Waals surface area contributed by atoms with Crippen LogP contribution in [0.4, 0.5) is 0 Å². The van der Waals surface area contributed by atoms with Gasteiger partial charge < -0.3 is 5.32 Å². The van der Waals surface area contributed by atoms with E-state index in [0.717, 1.165) is 42.5 Å². The van der Waals surface area contributed by atoms with Crippen molar-refractivity contribution in [2.45, 2.75) is 32.9 Å². The number of aryl methyl sites for hydroxylation is 1. The maximum Gasteiger partial charge on any atom is 0.208 e. The summed E-state index contributed by atoms with van der Waals surface area (Å²) in [5.41, 5.74) is 1.74. The molecule has 20 heavy (non-hydrogen) atoms. The van der Waals surface area contributed by atoms with Crippen molar-refractivity contribution in [3.63, 3.8) is 0 Å². The Balaban J connectivity index is 1.95. The first kappa shape index (κ1) is 12.8. The zero-order chi connectivity index (χ0) is 13.9. The summed E-state index contributed by atoms with van der Waals surface area (Å²) in [7, 11) is 0. The van der Waals surface area contributed by atoms with E-state index in [1.165, 1.54) is 0 Å². The van der Waals surface area contributed by atoms with Gasteiger partial charge in [-0.05, 0) is 37.3 Å². The molecule has 1 atom stereocenters. The van der Waals surface area contributed by atoms with E-state index in [4.69, 9.17) is 0 Å². The lowest BCUT2D eigenvalue weighted by Gasteiger charge is -2.24. The molecule has 3 rings (SSSR count). The van der Waals surface area contributed by atoms with Crippen molar-refractivity contribution >= 4 is 0 Å². The molecule has 3 heterocycles. The van der Waals surface area contributed by atoms with Gasteiger partial charge in [-0.25, -0.2) is 4.98 Å². The Labute approximate surface area is 118 Å². The summed E-state index contributed by atoms with van der Waals surface area (Å²) in [5.74, 6) is 7.88. The van der Waals surface area contributed by atoms with Gasteiger partial charge in [0.15, 0.2) is 0 Å². The van der Waals surface area contributed by atoms with Crippen molar-refractivity contribution < 1.29 is 0 Å². The van der Waals surface area contributed by atoms with E-state index in [2.05, 4.69) is 43.8 Å². The van der Waals surface area contributed by atoms with Crippen molar-refractivity contribution in [3.8, 4) is 11.8 Å². The molecule has 2 aromatic heterocycles. The minimum Gasteiger partial charge on any atom is -0.308 e. The molecule has 0 bridgehead atoms. The van der Waals surface area contributed by atoms with E-state index in [1.807, 2.05) is 25.1 Å². The summed E-state index contributed by atoms with van der Waals surface area (Å²) in [5, 5.41) is 11.8. The maximum atomic E-state index is 4.38. The zero-order valence-electron chi connectivity index (χ0n) is 11.7. The molecule has 0 aromatic carbocycles. The molecule has 2 aromatic rings. The minimum absolute atomic E-state index is 0.378. The lowest BCUT2D eigenvalue weighted by atomic mass is 10.2. The van der Waals surface area contributed by atoms with Crippen LogP contribution in [0.25, 0.3) is 0 Å². The van der Waals surface area contributed by atoms with Crippen molar-refractivity contribution in [3.05, 3.63) is 41.2 Å². The molecule has 0 amide bonds. The Bertz CT molecular complexity index is 677. The predicted octanol–water partition coefficient (Wildman–Crippen LogP) is 1.44. The Morgan fingerprint density at radius 2 is 2.25 bits per heavy atom. The van der Waals surface area contributed by atoms with Gasteiger partial charge in [0.25, 0.3) is 0 Å². The van der Waals surface area contributed by atoms with E-state index in [0.29, 0.717) is 6.04 Å². The molecule has 0 fully saturated rings. The van der Waals surface area contributed by atoms with Gasteiger partial charge in [0.05, 0.1) is 6.54 Å². The van der Waals surface area contributed by atoms with Gasteiger partial charge in [-0.2, -0.15) is 0 Å². The Kier molecular flexibility index (Phi) is 3.48. The molecule has 0 radical (unpaired) electrons. The fourth-order valence-electron chi connectivity index (χ4n) is 2.41. The lowest BCUT2D eigenvalue weighted by Crippen LogP contribution is -2.33.